The Balaban J connectivity index is 1.48. The smallest absolute Gasteiger partial charge is 0.142 e. The topological polar surface area (TPSA) is 26.3 Å². The van der Waals surface area contributed by atoms with E-state index in [9.17, 15) is 4.79 Å². The number of fused-ring (bicyclic) bond motifs is 2. The maximum atomic E-state index is 12.9. The van der Waals surface area contributed by atoms with Gasteiger partial charge in [-0.1, -0.05) is 57.2 Å². The fourth-order valence-electron chi connectivity index (χ4n) is 5.92. The predicted octanol–water partition coefficient (Wildman–Crippen LogP) is 5.50. The molecule has 0 aromatic heterocycles. The van der Waals surface area contributed by atoms with Crippen molar-refractivity contribution in [1.29, 1.82) is 0 Å². The first-order valence-electron chi connectivity index (χ1n) is 11.2. The molecule has 1 aromatic carbocycles. The number of carbonyl (C=O) groups excluding carboxylic acids is 1. The van der Waals surface area contributed by atoms with Crippen LogP contribution in [-0.2, 0) is 9.53 Å². The Labute approximate surface area is 170 Å². The first-order valence-corrected chi connectivity index (χ1v) is 11.2. The van der Waals surface area contributed by atoms with Crippen molar-refractivity contribution in [1.82, 2.24) is 0 Å². The van der Waals surface area contributed by atoms with Gasteiger partial charge < -0.3 is 4.74 Å². The Bertz CT molecular complexity index is 752. The Kier molecular flexibility index (Phi) is 5.66. The first kappa shape index (κ1) is 19.7. The van der Waals surface area contributed by atoms with E-state index in [1.165, 1.54) is 19.3 Å². The molecule has 0 aliphatic heterocycles. The van der Waals surface area contributed by atoms with Crippen LogP contribution in [0.4, 0.5) is 0 Å². The zero-order valence-corrected chi connectivity index (χ0v) is 17.6. The second kappa shape index (κ2) is 8.03. The number of Topliss-reactive ketones (excluding diaryl/α,β-unsaturated/α-hetero) is 1. The largest absolute Gasteiger partial charge is 0.364 e. The standard InChI is InChI=1S/C26H34O2/c1-18-8-7-11-22(25(18)27)24(15-12-19-9-5-4-6-10-19)28-17-20-13-14-21-16-23(20)26(21,2)3/h4-6,9-10,18,20-24H,7-8,11,13-14,16-17H2,1-3H3/t18?,20-,21+,22+,23+,24+/m0/s1. The molecule has 6 atom stereocenters. The van der Waals surface area contributed by atoms with Gasteiger partial charge in [0.05, 0.1) is 12.5 Å². The quantitative estimate of drug-likeness (QED) is 0.647. The molecule has 0 saturated heterocycles. The van der Waals surface area contributed by atoms with Crippen molar-refractivity contribution in [3.63, 3.8) is 0 Å². The van der Waals surface area contributed by atoms with Crippen molar-refractivity contribution in [2.75, 3.05) is 6.61 Å². The highest BCUT2D eigenvalue weighted by atomic mass is 16.5. The second-order valence-corrected chi connectivity index (χ2v) is 9.93. The number of ketones is 1. The highest BCUT2D eigenvalue weighted by Crippen LogP contribution is 2.61. The van der Waals surface area contributed by atoms with Crippen molar-refractivity contribution >= 4 is 5.78 Å². The van der Waals surface area contributed by atoms with Crippen LogP contribution in [0.3, 0.4) is 0 Å². The summed E-state index contributed by atoms with van der Waals surface area (Å²) >= 11 is 0. The van der Waals surface area contributed by atoms with Gasteiger partial charge in [-0.05, 0) is 67.4 Å². The summed E-state index contributed by atoms with van der Waals surface area (Å²) in [5, 5.41) is 0. The lowest BCUT2D eigenvalue weighted by Crippen LogP contribution is -2.53. The van der Waals surface area contributed by atoms with E-state index in [4.69, 9.17) is 4.74 Å². The van der Waals surface area contributed by atoms with E-state index in [1.807, 2.05) is 30.3 Å². The van der Waals surface area contributed by atoms with Crippen molar-refractivity contribution in [3.05, 3.63) is 35.9 Å². The molecule has 4 fully saturated rings. The molecule has 5 rings (SSSR count). The van der Waals surface area contributed by atoms with Crippen LogP contribution in [0.5, 0.6) is 0 Å². The van der Waals surface area contributed by atoms with Crippen LogP contribution in [0.2, 0.25) is 0 Å². The summed E-state index contributed by atoms with van der Waals surface area (Å²) in [6.07, 6.45) is 6.72. The van der Waals surface area contributed by atoms with E-state index < -0.39 is 0 Å². The summed E-state index contributed by atoms with van der Waals surface area (Å²) < 4.78 is 6.46. The minimum absolute atomic E-state index is 0.0642. The highest BCUT2D eigenvalue weighted by Gasteiger charge is 2.54. The Hall–Kier alpha value is -1.59. The molecule has 0 amide bonds. The number of benzene rings is 1. The number of ether oxygens (including phenoxy) is 1. The number of hydrogen-bond donors (Lipinski definition) is 0. The lowest BCUT2D eigenvalue weighted by atomic mass is 9.46. The third-order valence-electron chi connectivity index (χ3n) is 7.99. The summed E-state index contributed by atoms with van der Waals surface area (Å²) in [5.41, 5.74) is 1.46. The molecule has 4 aliphatic carbocycles. The molecule has 2 nitrogen and oxygen atoms in total. The maximum Gasteiger partial charge on any atom is 0.142 e. The molecule has 2 bridgehead atoms. The first-order chi connectivity index (χ1) is 13.5. The average Bonchev–Trinajstić information content (AvgIpc) is 2.71. The van der Waals surface area contributed by atoms with Crippen molar-refractivity contribution in [2.24, 2.45) is 35.0 Å². The number of rotatable bonds is 4. The van der Waals surface area contributed by atoms with Crippen LogP contribution >= 0.6 is 0 Å². The summed E-state index contributed by atoms with van der Waals surface area (Å²) in [6, 6.07) is 10.1. The Morgan fingerprint density at radius 3 is 2.64 bits per heavy atom. The van der Waals surface area contributed by atoms with Crippen LogP contribution in [0, 0.1) is 46.8 Å². The minimum atomic E-state index is -0.267. The average molecular weight is 379 g/mol. The van der Waals surface area contributed by atoms with Gasteiger partial charge in [-0.25, -0.2) is 0 Å². The van der Waals surface area contributed by atoms with Crippen LogP contribution in [0.15, 0.2) is 30.3 Å². The Morgan fingerprint density at radius 2 is 1.93 bits per heavy atom. The zero-order chi connectivity index (χ0) is 19.7. The molecule has 4 aliphatic rings. The minimum Gasteiger partial charge on any atom is -0.364 e. The van der Waals surface area contributed by atoms with Gasteiger partial charge in [-0.3, -0.25) is 4.79 Å². The molecule has 0 N–H and O–H groups in total. The summed E-state index contributed by atoms with van der Waals surface area (Å²) in [5.74, 6) is 9.36. The van der Waals surface area contributed by atoms with E-state index in [-0.39, 0.29) is 17.9 Å². The molecule has 1 aromatic rings. The number of carbonyl (C=O) groups is 1. The molecule has 4 saturated carbocycles. The van der Waals surface area contributed by atoms with Gasteiger partial charge in [0.15, 0.2) is 0 Å². The van der Waals surface area contributed by atoms with Gasteiger partial charge in [0.1, 0.15) is 11.9 Å². The lowest BCUT2D eigenvalue weighted by molar-refractivity contribution is -0.141. The van der Waals surface area contributed by atoms with E-state index in [1.54, 1.807) is 0 Å². The Morgan fingerprint density at radius 1 is 1.14 bits per heavy atom. The summed E-state index contributed by atoms with van der Waals surface area (Å²) in [7, 11) is 0. The van der Waals surface area contributed by atoms with Crippen molar-refractivity contribution in [3.8, 4) is 11.8 Å². The van der Waals surface area contributed by atoms with E-state index in [2.05, 4.69) is 32.6 Å². The monoisotopic (exact) mass is 378 g/mol. The fraction of sp³-hybridized carbons (Fsp3) is 0.654. The lowest BCUT2D eigenvalue weighted by Gasteiger charge is -2.60. The molecular weight excluding hydrogens is 344 g/mol. The van der Waals surface area contributed by atoms with Gasteiger partial charge in [-0.2, -0.15) is 0 Å². The third kappa shape index (κ3) is 3.79. The molecule has 2 heteroatoms. The number of hydrogen-bond acceptors (Lipinski definition) is 2. The summed E-state index contributed by atoms with van der Waals surface area (Å²) in [6.45, 7) is 7.68. The fourth-order valence-corrected chi connectivity index (χ4v) is 5.92. The van der Waals surface area contributed by atoms with Gasteiger partial charge in [-0.15, -0.1) is 0 Å². The van der Waals surface area contributed by atoms with E-state index in [0.717, 1.165) is 43.3 Å². The van der Waals surface area contributed by atoms with Crippen LogP contribution in [-0.4, -0.2) is 18.5 Å². The van der Waals surface area contributed by atoms with Gasteiger partial charge in [0.25, 0.3) is 0 Å². The molecule has 0 spiro atoms. The maximum absolute atomic E-state index is 12.9. The highest BCUT2D eigenvalue weighted by molar-refractivity contribution is 5.84. The summed E-state index contributed by atoms with van der Waals surface area (Å²) in [4.78, 5) is 12.9. The molecule has 28 heavy (non-hydrogen) atoms. The van der Waals surface area contributed by atoms with E-state index >= 15 is 0 Å². The molecule has 0 heterocycles. The van der Waals surface area contributed by atoms with Crippen LogP contribution in [0.1, 0.15) is 64.9 Å². The van der Waals surface area contributed by atoms with Crippen molar-refractivity contribution < 1.29 is 9.53 Å². The van der Waals surface area contributed by atoms with Gasteiger partial charge >= 0.3 is 0 Å². The predicted molar refractivity (Wildman–Crippen MR) is 113 cm³/mol. The van der Waals surface area contributed by atoms with Crippen LogP contribution in [0.25, 0.3) is 0 Å². The normalized spacial score (nSPS) is 34.7. The molecule has 0 radical (unpaired) electrons. The molecular formula is C26H34O2. The van der Waals surface area contributed by atoms with Gasteiger partial charge in [0.2, 0.25) is 0 Å². The SMILES string of the molecule is CC1CCC[C@H]([C@@H](C#Cc2ccccc2)OC[C@@H]2CC[C@@H]3C[C@H]2C3(C)C)C1=O. The van der Waals surface area contributed by atoms with Crippen LogP contribution < -0.4 is 0 Å². The van der Waals surface area contributed by atoms with Gasteiger partial charge in [0, 0.05) is 11.5 Å². The third-order valence-corrected chi connectivity index (χ3v) is 7.99. The molecule has 1 unspecified atom stereocenters. The molecule has 150 valence electrons. The zero-order valence-electron chi connectivity index (χ0n) is 17.6. The second-order valence-electron chi connectivity index (χ2n) is 9.93. The van der Waals surface area contributed by atoms with E-state index in [0.29, 0.717) is 17.1 Å². The van der Waals surface area contributed by atoms with Crippen molar-refractivity contribution in [2.45, 2.75) is 65.4 Å².